The average Bonchev–Trinajstić information content (AvgIpc) is 3.17. The van der Waals surface area contributed by atoms with E-state index in [2.05, 4.69) is 15.5 Å². The van der Waals surface area contributed by atoms with Crippen LogP contribution in [0.25, 0.3) is 0 Å². The molecule has 8 nitrogen and oxygen atoms in total. The van der Waals surface area contributed by atoms with Gasteiger partial charge in [0.1, 0.15) is 10.8 Å². The molecule has 156 valence electrons. The number of anilines is 2. The van der Waals surface area contributed by atoms with Crippen molar-refractivity contribution < 1.29 is 14.1 Å². The molecule has 0 saturated heterocycles. The summed E-state index contributed by atoms with van der Waals surface area (Å²) in [7, 11) is 1.65. The molecule has 30 heavy (non-hydrogen) atoms. The summed E-state index contributed by atoms with van der Waals surface area (Å²) in [5.41, 5.74) is 6.02. The fraction of sp³-hybridized carbons (Fsp3) is 0.238. The third-order valence-electron chi connectivity index (χ3n) is 4.19. The number of urea groups is 1. The van der Waals surface area contributed by atoms with Crippen LogP contribution >= 0.6 is 11.8 Å². The number of nitrogens with zero attached hydrogens (tertiary/aromatic N) is 3. The highest BCUT2D eigenvalue weighted by atomic mass is 32.2. The molecule has 0 aliphatic heterocycles. The lowest BCUT2D eigenvalue weighted by molar-refractivity contribution is 0.0991. The van der Waals surface area contributed by atoms with E-state index in [0.29, 0.717) is 27.9 Å². The van der Waals surface area contributed by atoms with E-state index in [9.17, 15) is 9.59 Å². The molecule has 9 heteroatoms. The summed E-state index contributed by atoms with van der Waals surface area (Å²) in [5, 5.41) is 7.19. The number of hydrogen-bond donors (Lipinski definition) is 2. The number of benzene rings is 1. The Labute approximate surface area is 178 Å². The van der Waals surface area contributed by atoms with Crippen molar-refractivity contribution >= 4 is 35.2 Å². The molecular formula is C21H23N5O3S. The lowest BCUT2D eigenvalue weighted by atomic mass is 9.93. The first-order valence-corrected chi connectivity index (χ1v) is 10.0. The van der Waals surface area contributed by atoms with Crippen LogP contribution in [-0.4, -0.2) is 29.1 Å². The van der Waals surface area contributed by atoms with E-state index in [4.69, 9.17) is 10.3 Å². The quantitative estimate of drug-likeness (QED) is 0.630. The Hall–Kier alpha value is -3.33. The minimum atomic E-state index is -0.631. The zero-order valence-corrected chi connectivity index (χ0v) is 18.0. The Morgan fingerprint density at radius 3 is 2.60 bits per heavy atom. The monoisotopic (exact) mass is 425 g/mol. The van der Waals surface area contributed by atoms with Crippen molar-refractivity contribution in [3.63, 3.8) is 0 Å². The number of rotatable bonds is 5. The third-order valence-corrected chi connectivity index (χ3v) is 5.11. The van der Waals surface area contributed by atoms with Gasteiger partial charge in [-0.1, -0.05) is 43.8 Å². The number of nitrogens with one attached hydrogen (secondary N) is 1. The van der Waals surface area contributed by atoms with E-state index in [1.165, 1.54) is 16.7 Å². The minimum absolute atomic E-state index is 0.201. The summed E-state index contributed by atoms with van der Waals surface area (Å²) < 4.78 is 5.38. The van der Waals surface area contributed by atoms with E-state index < -0.39 is 6.03 Å². The number of primary amides is 1. The second kappa shape index (κ2) is 8.58. The molecule has 0 atom stereocenters. The third kappa shape index (κ3) is 5.18. The van der Waals surface area contributed by atoms with Crippen LogP contribution in [0.2, 0.25) is 0 Å². The van der Waals surface area contributed by atoms with E-state index >= 15 is 0 Å². The van der Waals surface area contributed by atoms with Crippen LogP contribution in [0, 0.1) is 0 Å². The minimum Gasteiger partial charge on any atom is -0.359 e. The van der Waals surface area contributed by atoms with Crippen molar-refractivity contribution in [3.8, 4) is 0 Å². The molecule has 0 fully saturated rings. The van der Waals surface area contributed by atoms with Crippen molar-refractivity contribution in [2.75, 3.05) is 17.3 Å². The molecule has 1 aromatic carbocycles. The van der Waals surface area contributed by atoms with Gasteiger partial charge in [-0.05, 0) is 30.3 Å². The van der Waals surface area contributed by atoms with Gasteiger partial charge in [-0.3, -0.25) is 9.69 Å². The largest absolute Gasteiger partial charge is 0.359 e. The second-order valence-electron chi connectivity index (χ2n) is 7.67. The fourth-order valence-corrected chi connectivity index (χ4v) is 3.45. The van der Waals surface area contributed by atoms with Gasteiger partial charge in [-0.15, -0.1) is 0 Å². The van der Waals surface area contributed by atoms with Crippen molar-refractivity contribution in [1.29, 1.82) is 0 Å². The molecule has 3 rings (SSSR count). The molecule has 0 spiro atoms. The summed E-state index contributed by atoms with van der Waals surface area (Å²) >= 11 is 1.37. The molecule has 2 heterocycles. The van der Waals surface area contributed by atoms with Gasteiger partial charge in [-0.2, -0.15) is 0 Å². The summed E-state index contributed by atoms with van der Waals surface area (Å²) in [5.74, 6) is 0.922. The van der Waals surface area contributed by atoms with Gasteiger partial charge >= 0.3 is 6.03 Å². The van der Waals surface area contributed by atoms with Crippen LogP contribution in [0.4, 0.5) is 16.3 Å². The summed E-state index contributed by atoms with van der Waals surface area (Å²) in [6.07, 6.45) is 1.58. The first kappa shape index (κ1) is 21.4. The lowest BCUT2D eigenvalue weighted by Gasteiger charge is -2.14. The van der Waals surface area contributed by atoms with Crippen LogP contribution in [0.5, 0.6) is 0 Å². The molecule has 3 N–H and O–H groups in total. The van der Waals surface area contributed by atoms with Crippen LogP contribution in [0.1, 0.15) is 36.9 Å². The maximum absolute atomic E-state index is 12.9. The Morgan fingerprint density at radius 1 is 1.17 bits per heavy atom. The number of carbonyl (C=O) groups excluding carboxylic acids is 2. The highest BCUT2D eigenvalue weighted by molar-refractivity contribution is 7.99. The summed E-state index contributed by atoms with van der Waals surface area (Å²) in [4.78, 5) is 30.6. The average molecular weight is 426 g/mol. The maximum Gasteiger partial charge on any atom is 0.316 e. The predicted molar refractivity (Wildman–Crippen MR) is 116 cm³/mol. The first-order chi connectivity index (χ1) is 14.1. The molecule has 0 aliphatic rings. The highest BCUT2D eigenvalue weighted by Crippen LogP contribution is 2.29. The van der Waals surface area contributed by atoms with Crippen LogP contribution in [-0.2, 0) is 5.41 Å². The van der Waals surface area contributed by atoms with Crippen molar-refractivity contribution in [1.82, 2.24) is 10.1 Å². The normalized spacial score (nSPS) is 11.2. The van der Waals surface area contributed by atoms with Gasteiger partial charge in [0.05, 0.1) is 0 Å². The number of pyridine rings is 1. The molecule has 0 bridgehead atoms. The standard InChI is InChI=1S/C21H23N5O3S/c1-21(2,3)16-12-17(25-29-16)26(4)19(27)13-8-9-23-18(10-13)30-15-7-5-6-14(11-15)24-20(22)28/h5-12H,1-4H3,(H3,22,24,28). The molecule has 3 aromatic rings. The lowest BCUT2D eigenvalue weighted by Crippen LogP contribution is -2.26. The number of amides is 3. The topological polar surface area (TPSA) is 114 Å². The van der Waals surface area contributed by atoms with E-state index in [-0.39, 0.29) is 11.3 Å². The van der Waals surface area contributed by atoms with Crippen LogP contribution in [0.15, 0.2) is 63.1 Å². The van der Waals surface area contributed by atoms with E-state index in [1.807, 2.05) is 26.8 Å². The molecule has 3 amide bonds. The first-order valence-electron chi connectivity index (χ1n) is 9.19. The van der Waals surface area contributed by atoms with Crippen LogP contribution < -0.4 is 16.0 Å². The molecule has 0 radical (unpaired) electrons. The van der Waals surface area contributed by atoms with Crippen molar-refractivity contribution in [3.05, 3.63) is 60.0 Å². The van der Waals surface area contributed by atoms with Gasteiger partial charge in [0, 0.05) is 40.9 Å². The predicted octanol–water partition coefficient (Wildman–Crippen LogP) is 4.29. The van der Waals surface area contributed by atoms with Gasteiger partial charge in [-0.25, -0.2) is 9.78 Å². The fourth-order valence-electron chi connectivity index (χ4n) is 2.57. The molecule has 0 saturated carbocycles. The van der Waals surface area contributed by atoms with Crippen molar-refractivity contribution in [2.45, 2.75) is 36.1 Å². The zero-order valence-electron chi connectivity index (χ0n) is 17.2. The Kier molecular flexibility index (Phi) is 6.12. The Balaban J connectivity index is 1.77. The summed E-state index contributed by atoms with van der Waals surface area (Å²) in [6.45, 7) is 6.04. The highest BCUT2D eigenvalue weighted by Gasteiger charge is 2.23. The number of carbonyl (C=O) groups is 2. The Morgan fingerprint density at radius 2 is 1.93 bits per heavy atom. The van der Waals surface area contributed by atoms with E-state index in [0.717, 1.165) is 4.90 Å². The molecular weight excluding hydrogens is 402 g/mol. The van der Waals surface area contributed by atoms with Gasteiger partial charge < -0.3 is 15.6 Å². The molecule has 2 aromatic heterocycles. The number of hydrogen-bond acceptors (Lipinski definition) is 6. The van der Waals surface area contributed by atoms with Crippen LogP contribution in [0.3, 0.4) is 0 Å². The maximum atomic E-state index is 12.9. The zero-order chi connectivity index (χ0) is 21.9. The van der Waals surface area contributed by atoms with Gasteiger partial charge in [0.25, 0.3) is 5.91 Å². The molecule has 0 aliphatic carbocycles. The SMILES string of the molecule is CN(C(=O)c1ccnc(Sc2cccc(NC(N)=O)c2)c1)c1cc(C(C)(C)C)on1. The van der Waals surface area contributed by atoms with Crippen molar-refractivity contribution in [2.24, 2.45) is 5.73 Å². The van der Waals surface area contributed by atoms with Gasteiger partial charge in [0.15, 0.2) is 5.82 Å². The smallest absolute Gasteiger partial charge is 0.316 e. The van der Waals surface area contributed by atoms with Gasteiger partial charge in [0.2, 0.25) is 0 Å². The number of nitrogens with two attached hydrogens (primary N) is 1. The molecule has 0 unspecified atom stereocenters. The Bertz CT molecular complexity index is 1070. The van der Waals surface area contributed by atoms with E-state index in [1.54, 1.807) is 49.6 Å². The summed E-state index contributed by atoms with van der Waals surface area (Å²) in [6, 6.07) is 11.7. The second-order valence-corrected chi connectivity index (χ2v) is 8.76. The number of aromatic nitrogens is 2.